The van der Waals surface area contributed by atoms with Crippen LogP contribution in [0.3, 0.4) is 0 Å². The summed E-state index contributed by atoms with van der Waals surface area (Å²) in [6.07, 6.45) is 15.4. The van der Waals surface area contributed by atoms with Gasteiger partial charge in [0.05, 0.1) is 6.10 Å². The third-order valence-corrected chi connectivity index (χ3v) is 11.0. The van der Waals surface area contributed by atoms with Crippen LogP contribution in [0.1, 0.15) is 99.8 Å². The van der Waals surface area contributed by atoms with Crippen molar-refractivity contribution in [3.05, 3.63) is 23.3 Å². The molecule has 9 atom stereocenters. The Balaban J connectivity index is 1.58. The number of aliphatic hydroxyl groups excluding tert-OH is 1. The second kappa shape index (κ2) is 8.09. The average molecular weight is 413 g/mol. The van der Waals surface area contributed by atoms with Gasteiger partial charge < -0.3 is 5.11 Å². The molecule has 0 unspecified atom stereocenters. The number of fused-ring (bicyclic) bond motifs is 4. The molecule has 2 saturated carbocycles. The Morgan fingerprint density at radius 3 is 2.37 bits per heavy atom. The molecule has 1 N–H and O–H groups in total. The van der Waals surface area contributed by atoms with Gasteiger partial charge in [-0.3, -0.25) is 0 Å². The van der Waals surface area contributed by atoms with E-state index in [1.165, 1.54) is 44.9 Å². The van der Waals surface area contributed by atoms with Crippen molar-refractivity contribution in [2.24, 2.45) is 52.3 Å². The summed E-state index contributed by atoms with van der Waals surface area (Å²) in [4.78, 5) is 0. The lowest BCUT2D eigenvalue weighted by Crippen LogP contribution is -2.49. The molecule has 0 aromatic heterocycles. The van der Waals surface area contributed by atoms with Crippen molar-refractivity contribution in [3.63, 3.8) is 0 Å². The minimum absolute atomic E-state index is 0.0733. The first kappa shape index (κ1) is 22.6. The quantitative estimate of drug-likeness (QED) is 0.467. The number of allylic oxidation sites excluding steroid dienone is 4. The third-order valence-electron chi connectivity index (χ3n) is 11.0. The van der Waals surface area contributed by atoms with Gasteiger partial charge in [0.25, 0.3) is 0 Å². The van der Waals surface area contributed by atoms with E-state index in [0.717, 1.165) is 24.2 Å². The van der Waals surface area contributed by atoms with Gasteiger partial charge in [0.1, 0.15) is 0 Å². The zero-order valence-corrected chi connectivity index (χ0v) is 20.9. The smallest absolute Gasteiger partial charge is 0.0569 e. The predicted molar refractivity (Wildman–Crippen MR) is 128 cm³/mol. The van der Waals surface area contributed by atoms with Gasteiger partial charge in [-0.1, -0.05) is 71.8 Å². The first-order valence-corrected chi connectivity index (χ1v) is 13.2. The summed E-state index contributed by atoms with van der Waals surface area (Å²) in [5.41, 5.74) is 4.61. The minimum atomic E-state index is -0.0733. The molecule has 0 aliphatic heterocycles. The molecule has 0 bridgehead atoms. The Labute approximate surface area is 186 Å². The van der Waals surface area contributed by atoms with E-state index in [2.05, 4.69) is 60.6 Å². The largest absolute Gasteiger partial charge is 0.393 e. The molecule has 1 heteroatoms. The first-order valence-electron chi connectivity index (χ1n) is 13.2. The van der Waals surface area contributed by atoms with Crippen LogP contribution in [0.2, 0.25) is 0 Å². The number of aliphatic hydroxyl groups is 1. The molecule has 0 saturated heterocycles. The van der Waals surface area contributed by atoms with Crippen LogP contribution in [0.25, 0.3) is 0 Å². The first-order chi connectivity index (χ1) is 14.1. The van der Waals surface area contributed by atoms with Crippen LogP contribution in [-0.4, -0.2) is 11.2 Å². The van der Waals surface area contributed by atoms with Crippen LogP contribution in [0, 0.1) is 52.3 Å². The van der Waals surface area contributed by atoms with Crippen LogP contribution in [-0.2, 0) is 0 Å². The van der Waals surface area contributed by atoms with Crippen LogP contribution in [0.5, 0.6) is 0 Å². The molecule has 0 amide bonds. The normalized spacial score (nSPS) is 46.0. The molecule has 0 spiro atoms. The molecule has 30 heavy (non-hydrogen) atoms. The molecule has 4 aliphatic rings. The highest BCUT2D eigenvalue weighted by Gasteiger charge is 2.56. The van der Waals surface area contributed by atoms with E-state index in [1.54, 1.807) is 0 Å². The van der Waals surface area contributed by atoms with Crippen molar-refractivity contribution in [1.29, 1.82) is 0 Å². The SMILES string of the molecule is CC(C)[C@@H](C)/C=C/[C@@H](C)[C@H]1CC[C@H]2C3=C(CC[C@]12C)[C@@]1(C)CC[C@H](O)[C@@H](C)[C@@H]1CC3. The van der Waals surface area contributed by atoms with E-state index in [0.29, 0.717) is 34.5 Å². The Hall–Kier alpha value is -0.560. The second-order valence-corrected chi connectivity index (χ2v) is 12.6. The number of rotatable bonds is 4. The van der Waals surface area contributed by atoms with E-state index >= 15 is 0 Å². The minimum Gasteiger partial charge on any atom is -0.393 e. The zero-order chi connectivity index (χ0) is 21.8. The number of hydrogen-bond acceptors (Lipinski definition) is 1. The van der Waals surface area contributed by atoms with Crippen molar-refractivity contribution >= 4 is 0 Å². The fourth-order valence-corrected chi connectivity index (χ4v) is 8.52. The molecule has 0 aromatic carbocycles. The maximum atomic E-state index is 10.5. The predicted octanol–water partition coefficient (Wildman–Crippen LogP) is 7.80. The van der Waals surface area contributed by atoms with Gasteiger partial charge in [0, 0.05) is 0 Å². The summed E-state index contributed by atoms with van der Waals surface area (Å²) in [7, 11) is 0. The fraction of sp³-hybridized carbons (Fsp3) is 0.862. The van der Waals surface area contributed by atoms with E-state index < -0.39 is 0 Å². The molecule has 4 aliphatic carbocycles. The Morgan fingerprint density at radius 1 is 0.933 bits per heavy atom. The van der Waals surface area contributed by atoms with Crippen LogP contribution in [0.4, 0.5) is 0 Å². The molecule has 0 radical (unpaired) electrons. The fourth-order valence-electron chi connectivity index (χ4n) is 8.52. The molecule has 0 heterocycles. The molecule has 4 rings (SSSR count). The van der Waals surface area contributed by atoms with Gasteiger partial charge in [-0.15, -0.1) is 0 Å². The van der Waals surface area contributed by atoms with Crippen molar-refractivity contribution < 1.29 is 5.11 Å². The topological polar surface area (TPSA) is 20.2 Å². The van der Waals surface area contributed by atoms with E-state index in [1.807, 2.05) is 11.1 Å². The monoisotopic (exact) mass is 412 g/mol. The van der Waals surface area contributed by atoms with E-state index in [-0.39, 0.29) is 6.10 Å². The van der Waals surface area contributed by atoms with Gasteiger partial charge in [0.2, 0.25) is 0 Å². The van der Waals surface area contributed by atoms with Crippen LogP contribution in [0.15, 0.2) is 23.3 Å². The second-order valence-electron chi connectivity index (χ2n) is 12.6. The zero-order valence-electron chi connectivity index (χ0n) is 20.9. The van der Waals surface area contributed by atoms with Crippen LogP contribution < -0.4 is 0 Å². The molecule has 170 valence electrons. The number of hydrogen-bond donors (Lipinski definition) is 1. The standard InChI is InChI=1S/C29H48O/c1-18(2)19(3)8-9-20(4)23-12-13-25-22-10-11-24-21(5)27(30)15-17-29(24,7)26(22)14-16-28(23,25)6/h8-9,18-21,23-25,27,30H,10-17H2,1-7H3/b9-8+/t19-,20+,21-,23+,24-,25-,27-,28+,29-/m0/s1. The van der Waals surface area contributed by atoms with Gasteiger partial charge in [-0.2, -0.15) is 0 Å². The highest BCUT2D eigenvalue weighted by atomic mass is 16.3. The van der Waals surface area contributed by atoms with E-state index in [4.69, 9.17) is 0 Å². The maximum absolute atomic E-state index is 10.5. The average Bonchev–Trinajstić information content (AvgIpc) is 3.06. The lowest BCUT2D eigenvalue weighted by molar-refractivity contribution is -0.0332. The van der Waals surface area contributed by atoms with Gasteiger partial charge >= 0.3 is 0 Å². The molecular formula is C29H48O. The summed E-state index contributed by atoms with van der Waals surface area (Å²) in [5, 5.41) is 10.5. The molecule has 0 aromatic rings. The summed E-state index contributed by atoms with van der Waals surface area (Å²) < 4.78 is 0. The van der Waals surface area contributed by atoms with Crippen molar-refractivity contribution in [2.75, 3.05) is 0 Å². The van der Waals surface area contributed by atoms with Crippen molar-refractivity contribution in [2.45, 2.75) is 106 Å². The highest BCUT2D eigenvalue weighted by Crippen LogP contribution is 2.66. The summed E-state index contributed by atoms with van der Waals surface area (Å²) in [6, 6.07) is 0. The Morgan fingerprint density at radius 2 is 1.67 bits per heavy atom. The Kier molecular flexibility index (Phi) is 6.10. The van der Waals surface area contributed by atoms with Gasteiger partial charge in [-0.05, 0) is 104 Å². The molecule has 1 nitrogen and oxygen atoms in total. The summed E-state index contributed by atoms with van der Waals surface area (Å²) in [6.45, 7) is 17.1. The highest BCUT2D eigenvalue weighted by molar-refractivity contribution is 5.35. The lowest BCUT2D eigenvalue weighted by Gasteiger charge is -2.56. The lowest BCUT2D eigenvalue weighted by atomic mass is 9.49. The maximum Gasteiger partial charge on any atom is 0.0569 e. The van der Waals surface area contributed by atoms with Gasteiger partial charge in [0.15, 0.2) is 0 Å². The van der Waals surface area contributed by atoms with E-state index in [9.17, 15) is 5.11 Å². The Bertz CT molecular complexity index is 701. The molecular weight excluding hydrogens is 364 g/mol. The van der Waals surface area contributed by atoms with Crippen molar-refractivity contribution in [1.82, 2.24) is 0 Å². The van der Waals surface area contributed by atoms with Gasteiger partial charge in [-0.25, -0.2) is 0 Å². The summed E-state index contributed by atoms with van der Waals surface area (Å²) in [5.74, 6) is 4.93. The van der Waals surface area contributed by atoms with Crippen molar-refractivity contribution in [3.8, 4) is 0 Å². The third kappa shape index (κ3) is 3.46. The summed E-state index contributed by atoms with van der Waals surface area (Å²) >= 11 is 0. The van der Waals surface area contributed by atoms with Crippen LogP contribution >= 0.6 is 0 Å². The molecule has 2 fully saturated rings.